The van der Waals surface area contributed by atoms with Crippen molar-refractivity contribution in [3.8, 4) is 0 Å². The molecule has 2 aliphatic heterocycles. The minimum Gasteiger partial charge on any atom is -0.477 e. The van der Waals surface area contributed by atoms with Crippen molar-refractivity contribution >= 4 is 11.9 Å². The molecule has 7 heteroatoms. The van der Waals surface area contributed by atoms with Crippen LogP contribution in [-0.4, -0.2) is 56.6 Å². The second-order valence-corrected chi connectivity index (χ2v) is 7.40. The summed E-state index contributed by atoms with van der Waals surface area (Å²) < 4.78 is 0. The second kappa shape index (κ2) is 7.52. The number of likely N-dealkylation sites (tertiary alicyclic amines) is 1. The zero-order chi connectivity index (χ0) is 18.8. The molecule has 0 atom stereocenters. The number of carbonyl (C=O) groups is 2. The zero-order valence-electron chi connectivity index (χ0n) is 15.2. The molecule has 1 fully saturated rings. The third kappa shape index (κ3) is 3.73. The third-order valence-corrected chi connectivity index (χ3v) is 5.70. The molecule has 1 aromatic carbocycles. The van der Waals surface area contributed by atoms with Gasteiger partial charge in [-0.15, -0.1) is 0 Å². The molecule has 0 aliphatic carbocycles. The van der Waals surface area contributed by atoms with E-state index in [9.17, 15) is 14.7 Å². The van der Waals surface area contributed by atoms with Gasteiger partial charge in [0, 0.05) is 31.1 Å². The molecule has 7 nitrogen and oxygen atoms in total. The highest BCUT2D eigenvalue weighted by molar-refractivity contribution is 5.86. The molecule has 142 valence electrons. The largest absolute Gasteiger partial charge is 0.477 e. The lowest BCUT2D eigenvalue weighted by Crippen LogP contribution is -2.44. The number of aromatic amines is 1. The summed E-state index contributed by atoms with van der Waals surface area (Å²) in [6.07, 6.45) is 4.14. The molecular formula is C20H24N4O3. The number of carboxylic acid groups (broad SMARTS) is 1. The van der Waals surface area contributed by atoms with E-state index in [-0.39, 0.29) is 17.5 Å². The summed E-state index contributed by atoms with van der Waals surface area (Å²) in [6, 6.07) is 8.35. The van der Waals surface area contributed by atoms with Crippen LogP contribution in [0.3, 0.4) is 0 Å². The average molecular weight is 368 g/mol. The highest BCUT2D eigenvalue weighted by Gasteiger charge is 2.30. The van der Waals surface area contributed by atoms with Gasteiger partial charge in [-0.3, -0.25) is 14.8 Å². The second-order valence-electron chi connectivity index (χ2n) is 7.40. The van der Waals surface area contributed by atoms with Gasteiger partial charge in [-0.1, -0.05) is 24.3 Å². The van der Waals surface area contributed by atoms with Crippen LogP contribution in [-0.2, 0) is 24.3 Å². The average Bonchev–Trinajstić information content (AvgIpc) is 3.16. The third-order valence-electron chi connectivity index (χ3n) is 5.70. The quantitative estimate of drug-likeness (QED) is 0.860. The first kappa shape index (κ1) is 17.7. The summed E-state index contributed by atoms with van der Waals surface area (Å²) in [7, 11) is 0. The number of fused-ring (bicyclic) bond motifs is 1. The molecule has 0 spiro atoms. The number of nitrogens with one attached hydrogen (secondary N) is 1. The number of benzene rings is 1. The van der Waals surface area contributed by atoms with Gasteiger partial charge in [0.15, 0.2) is 0 Å². The summed E-state index contributed by atoms with van der Waals surface area (Å²) in [5.74, 6) is -0.661. The molecule has 1 amide bonds. The van der Waals surface area contributed by atoms with Gasteiger partial charge in [-0.25, -0.2) is 4.79 Å². The van der Waals surface area contributed by atoms with E-state index in [2.05, 4.69) is 33.3 Å². The molecule has 1 aromatic heterocycles. The Bertz CT molecular complexity index is 839. The Hall–Kier alpha value is -2.67. The maximum absolute atomic E-state index is 12.9. The lowest BCUT2D eigenvalue weighted by atomic mass is 9.93. The van der Waals surface area contributed by atoms with Crippen LogP contribution in [0.1, 0.15) is 40.0 Å². The van der Waals surface area contributed by atoms with Gasteiger partial charge in [0.1, 0.15) is 5.69 Å². The first-order valence-corrected chi connectivity index (χ1v) is 9.45. The van der Waals surface area contributed by atoms with Crippen molar-refractivity contribution in [2.24, 2.45) is 5.92 Å². The van der Waals surface area contributed by atoms with Crippen LogP contribution >= 0.6 is 0 Å². The van der Waals surface area contributed by atoms with Crippen LogP contribution in [0.25, 0.3) is 0 Å². The van der Waals surface area contributed by atoms with Crippen molar-refractivity contribution in [3.63, 3.8) is 0 Å². The molecule has 3 heterocycles. The van der Waals surface area contributed by atoms with E-state index in [1.807, 2.05) is 11.0 Å². The fourth-order valence-electron chi connectivity index (χ4n) is 4.14. The highest BCUT2D eigenvalue weighted by Crippen LogP contribution is 2.25. The van der Waals surface area contributed by atoms with Gasteiger partial charge in [0.25, 0.3) is 0 Å². The van der Waals surface area contributed by atoms with Crippen LogP contribution < -0.4 is 0 Å². The Morgan fingerprint density at radius 3 is 2.63 bits per heavy atom. The van der Waals surface area contributed by atoms with Crippen molar-refractivity contribution in [1.82, 2.24) is 20.0 Å². The number of aromatic nitrogens is 2. The van der Waals surface area contributed by atoms with Crippen molar-refractivity contribution in [2.45, 2.75) is 32.4 Å². The van der Waals surface area contributed by atoms with Gasteiger partial charge in [0.2, 0.25) is 5.91 Å². The van der Waals surface area contributed by atoms with Crippen molar-refractivity contribution in [2.75, 3.05) is 19.6 Å². The summed E-state index contributed by atoms with van der Waals surface area (Å²) in [6.45, 7) is 3.66. The normalized spacial score (nSPS) is 18.3. The predicted octanol–water partition coefficient (Wildman–Crippen LogP) is 1.90. The molecule has 0 radical (unpaired) electrons. The first-order valence-electron chi connectivity index (χ1n) is 9.45. The monoisotopic (exact) mass is 368 g/mol. The minimum absolute atomic E-state index is 0.0646. The van der Waals surface area contributed by atoms with Crippen LogP contribution in [0.4, 0.5) is 0 Å². The molecule has 0 saturated carbocycles. The van der Waals surface area contributed by atoms with Crippen molar-refractivity contribution in [3.05, 3.63) is 52.8 Å². The van der Waals surface area contributed by atoms with Gasteiger partial charge in [-0.05, 0) is 43.5 Å². The Kier molecular flexibility index (Phi) is 4.94. The zero-order valence-corrected chi connectivity index (χ0v) is 15.2. The van der Waals surface area contributed by atoms with Crippen LogP contribution in [0, 0.1) is 5.92 Å². The number of nitrogens with zero attached hydrogens (tertiary/aromatic N) is 3. The molecule has 0 bridgehead atoms. The number of carboxylic acids is 1. The van der Waals surface area contributed by atoms with E-state index >= 15 is 0 Å². The van der Waals surface area contributed by atoms with E-state index in [1.54, 1.807) is 6.20 Å². The number of H-pyrrole nitrogens is 1. The maximum atomic E-state index is 12.9. The Morgan fingerprint density at radius 1 is 1.15 bits per heavy atom. The van der Waals surface area contributed by atoms with Crippen molar-refractivity contribution < 1.29 is 14.7 Å². The molecule has 0 unspecified atom stereocenters. The number of hydrogen-bond donors (Lipinski definition) is 2. The minimum atomic E-state index is -0.988. The summed E-state index contributed by atoms with van der Waals surface area (Å²) in [5, 5.41) is 15.5. The number of aromatic carboxylic acids is 1. The molecule has 27 heavy (non-hydrogen) atoms. The smallest absolute Gasteiger partial charge is 0.354 e. The van der Waals surface area contributed by atoms with E-state index in [1.165, 1.54) is 11.1 Å². The number of amides is 1. The summed E-state index contributed by atoms with van der Waals surface area (Å²) in [5.41, 5.74) is 3.46. The van der Waals surface area contributed by atoms with Gasteiger partial charge in [-0.2, -0.15) is 5.10 Å². The van der Waals surface area contributed by atoms with Crippen molar-refractivity contribution in [1.29, 1.82) is 0 Å². The summed E-state index contributed by atoms with van der Waals surface area (Å²) in [4.78, 5) is 28.3. The molecule has 2 aliphatic rings. The van der Waals surface area contributed by atoms with Gasteiger partial charge >= 0.3 is 5.97 Å². The molecular weight excluding hydrogens is 344 g/mol. The number of piperidine rings is 1. The Labute approximate surface area is 158 Å². The maximum Gasteiger partial charge on any atom is 0.354 e. The SMILES string of the molecule is O=C(O)c1[nH]ncc1CN1CCC(C(=O)N2CCc3ccccc3C2)CC1. The Balaban J connectivity index is 1.32. The fraction of sp³-hybridized carbons (Fsp3) is 0.450. The van der Waals surface area contributed by atoms with Crippen LogP contribution in [0.15, 0.2) is 30.5 Å². The fourth-order valence-corrected chi connectivity index (χ4v) is 4.14. The molecule has 2 aromatic rings. The first-order chi connectivity index (χ1) is 13.1. The summed E-state index contributed by atoms with van der Waals surface area (Å²) >= 11 is 0. The molecule has 1 saturated heterocycles. The van der Waals surface area contributed by atoms with Gasteiger partial charge in [0.05, 0.1) is 6.20 Å². The van der Waals surface area contributed by atoms with E-state index in [0.717, 1.165) is 38.9 Å². The van der Waals surface area contributed by atoms with Crippen LogP contribution in [0.5, 0.6) is 0 Å². The number of carbonyl (C=O) groups excluding carboxylic acids is 1. The predicted molar refractivity (Wildman–Crippen MR) is 99.1 cm³/mol. The van der Waals surface area contributed by atoms with E-state index in [0.29, 0.717) is 18.7 Å². The highest BCUT2D eigenvalue weighted by atomic mass is 16.4. The van der Waals surface area contributed by atoms with E-state index < -0.39 is 5.97 Å². The van der Waals surface area contributed by atoms with E-state index in [4.69, 9.17) is 0 Å². The Morgan fingerprint density at radius 2 is 1.89 bits per heavy atom. The lowest BCUT2D eigenvalue weighted by molar-refractivity contribution is -0.138. The number of rotatable bonds is 4. The molecule has 4 rings (SSSR count). The van der Waals surface area contributed by atoms with Crippen LogP contribution in [0.2, 0.25) is 0 Å². The standard InChI is InChI=1S/C20H24N4O3/c25-19(24-10-7-14-3-1-2-4-16(14)13-24)15-5-8-23(9-6-15)12-17-11-21-22-18(17)20(26)27/h1-4,11,15H,5-10,12-13H2,(H,21,22)(H,26,27). The topological polar surface area (TPSA) is 89.5 Å². The number of hydrogen-bond acceptors (Lipinski definition) is 4. The lowest BCUT2D eigenvalue weighted by Gasteiger charge is -2.36. The molecule has 2 N–H and O–H groups in total. The van der Waals surface area contributed by atoms with Gasteiger partial charge < -0.3 is 10.0 Å².